The predicted octanol–water partition coefficient (Wildman–Crippen LogP) is 2.42. The minimum absolute atomic E-state index is 0.702. The molecule has 3 heteroatoms. The molecule has 0 bridgehead atoms. The molecule has 1 fully saturated rings. The zero-order valence-corrected chi connectivity index (χ0v) is 9.94. The molecular formula is C12H18N2S. The van der Waals surface area contributed by atoms with Crippen LogP contribution < -0.4 is 11.1 Å². The third-order valence-corrected chi connectivity index (χ3v) is 4.01. The number of benzene rings is 1. The van der Waals surface area contributed by atoms with Crippen LogP contribution in [0.4, 0.5) is 5.69 Å². The summed E-state index contributed by atoms with van der Waals surface area (Å²) in [6, 6.07) is 6.99. The lowest BCUT2D eigenvalue weighted by Gasteiger charge is -2.10. The van der Waals surface area contributed by atoms with E-state index in [1.54, 1.807) is 0 Å². The topological polar surface area (TPSA) is 38.0 Å². The van der Waals surface area contributed by atoms with E-state index in [4.69, 9.17) is 5.73 Å². The summed E-state index contributed by atoms with van der Waals surface area (Å²) in [5.74, 6) is 1.17. The number of hydrogen-bond acceptors (Lipinski definition) is 3. The molecule has 0 spiro atoms. The van der Waals surface area contributed by atoms with Gasteiger partial charge < -0.3 is 11.1 Å². The molecule has 0 amide bonds. The average Bonchev–Trinajstić information content (AvgIpc) is 2.73. The number of aryl methyl sites for hydroxylation is 1. The van der Waals surface area contributed by atoms with Crippen molar-refractivity contribution in [1.82, 2.24) is 5.32 Å². The molecule has 1 aliphatic heterocycles. The molecule has 1 aromatic rings. The maximum atomic E-state index is 5.79. The molecular weight excluding hydrogens is 204 g/mol. The van der Waals surface area contributed by atoms with Crippen molar-refractivity contribution in [2.45, 2.75) is 30.7 Å². The van der Waals surface area contributed by atoms with Crippen LogP contribution in [-0.2, 0) is 0 Å². The van der Waals surface area contributed by atoms with Crippen LogP contribution in [0.2, 0.25) is 0 Å². The molecule has 2 nitrogen and oxygen atoms in total. The van der Waals surface area contributed by atoms with Gasteiger partial charge in [0.1, 0.15) is 0 Å². The fourth-order valence-electron chi connectivity index (χ4n) is 1.83. The zero-order chi connectivity index (χ0) is 10.7. The molecule has 1 aromatic carbocycles. The van der Waals surface area contributed by atoms with Crippen LogP contribution in [0.15, 0.2) is 23.1 Å². The highest BCUT2D eigenvalue weighted by molar-refractivity contribution is 7.99. The van der Waals surface area contributed by atoms with E-state index in [0.717, 1.165) is 5.69 Å². The van der Waals surface area contributed by atoms with Crippen molar-refractivity contribution in [2.75, 3.05) is 18.0 Å². The maximum absolute atomic E-state index is 5.79. The average molecular weight is 222 g/mol. The minimum Gasteiger partial charge on any atom is -0.399 e. The molecule has 2 rings (SSSR count). The van der Waals surface area contributed by atoms with Crippen LogP contribution in [0.1, 0.15) is 18.4 Å². The summed E-state index contributed by atoms with van der Waals surface area (Å²) in [7, 11) is 0. The molecule has 1 heterocycles. The monoisotopic (exact) mass is 222 g/mol. The van der Waals surface area contributed by atoms with Gasteiger partial charge in [-0.25, -0.2) is 0 Å². The summed E-state index contributed by atoms with van der Waals surface area (Å²) in [6.45, 7) is 3.25. The molecule has 0 radical (unpaired) electrons. The van der Waals surface area contributed by atoms with Gasteiger partial charge in [-0.05, 0) is 50.1 Å². The van der Waals surface area contributed by atoms with Crippen LogP contribution in [-0.4, -0.2) is 18.3 Å². The Hall–Kier alpha value is -0.670. The number of nitrogen functional groups attached to an aromatic ring is 1. The fourth-order valence-corrected chi connectivity index (χ4v) is 2.94. The summed E-state index contributed by atoms with van der Waals surface area (Å²) >= 11 is 1.92. The largest absolute Gasteiger partial charge is 0.399 e. The lowest BCUT2D eigenvalue weighted by Crippen LogP contribution is -2.23. The summed E-state index contributed by atoms with van der Waals surface area (Å²) in [5.41, 5.74) is 7.85. The van der Waals surface area contributed by atoms with E-state index in [2.05, 4.69) is 24.4 Å². The first kappa shape index (κ1) is 10.8. The van der Waals surface area contributed by atoms with Crippen molar-refractivity contribution in [3.63, 3.8) is 0 Å². The molecule has 0 saturated carbocycles. The first-order valence-corrected chi connectivity index (χ1v) is 6.46. The first-order chi connectivity index (χ1) is 7.25. The Labute approximate surface area is 95.6 Å². The summed E-state index contributed by atoms with van der Waals surface area (Å²) in [6.07, 6.45) is 2.65. The third kappa shape index (κ3) is 2.89. The zero-order valence-electron chi connectivity index (χ0n) is 9.12. The third-order valence-electron chi connectivity index (χ3n) is 2.85. The lowest BCUT2D eigenvalue weighted by molar-refractivity contribution is 0.674. The van der Waals surface area contributed by atoms with Gasteiger partial charge in [-0.2, -0.15) is 0 Å². The van der Waals surface area contributed by atoms with Gasteiger partial charge in [0, 0.05) is 22.4 Å². The van der Waals surface area contributed by atoms with Gasteiger partial charge in [0.05, 0.1) is 0 Å². The Morgan fingerprint density at radius 1 is 1.53 bits per heavy atom. The molecule has 1 atom stereocenters. The van der Waals surface area contributed by atoms with Crippen LogP contribution in [0.25, 0.3) is 0 Å². The highest BCUT2D eigenvalue weighted by Gasteiger charge is 2.13. The molecule has 1 aliphatic rings. The van der Waals surface area contributed by atoms with Crippen molar-refractivity contribution in [2.24, 2.45) is 0 Å². The molecule has 3 N–H and O–H groups in total. The second-order valence-electron chi connectivity index (χ2n) is 4.12. The number of thioether (sulfide) groups is 1. The van der Waals surface area contributed by atoms with Gasteiger partial charge in [0.25, 0.3) is 0 Å². The Morgan fingerprint density at radius 3 is 3.07 bits per heavy atom. The second kappa shape index (κ2) is 4.90. The number of anilines is 1. The second-order valence-corrected chi connectivity index (χ2v) is 5.22. The standard InChI is InChI=1S/C12H18N2S/c1-9-7-11(4-5-12(9)13)15-8-10-3-2-6-14-10/h4-5,7,10,14H,2-3,6,8,13H2,1H3/t10-/m0/s1. The van der Waals surface area contributed by atoms with E-state index in [1.165, 1.54) is 35.6 Å². The Bertz CT molecular complexity index is 332. The van der Waals surface area contributed by atoms with Gasteiger partial charge in [0.15, 0.2) is 0 Å². The van der Waals surface area contributed by atoms with Crippen LogP contribution in [0.3, 0.4) is 0 Å². The predicted molar refractivity (Wildman–Crippen MR) is 67.3 cm³/mol. The summed E-state index contributed by atoms with van der Waals surface area (Å²) < 4.78 is 0. The highest BCUT2D eigenvalue weighted by atomic mass is 32.2. The molecule has 0 unspecified atom stereocenters. The number of hydrogen-bond donors (Lipinski definition) is 2. The van der Waals surface area contributed by atoms with E-state index >= 15 is 0 Å². The van der Waals surface area contributed by atoms with Crippen LogP contribution >= 0.6 is 11.8 Å². The van der Waals surface area contributed by atoms with Gasteiger partial charge in [-0.1, -0.05) is 0 Å². The highest BCUT2D eigenvalue weighted by Crippen LogP contribution is 2.24. The first-order valence-electron chi connectivity index (χ1n) is 5.48. The Kier molecular flexibility index (Phi) is 3.54. The van der Waals surface area contributed by atoms with E-state index < -0.39 is 0 Å². The van der Waals surface area contributed by atoms with Crippen molar-refractivity contribution in [3.05, 3.63) is 23.8 Å². The van der Waals surface area contributed by atoms with Crippen molar-refractivity contribution in [1.29, 1.82) is 0 Å². The van der Waals surface area contributed by atoms with Crippen molar-refractivity contribution in [3.8, 4) is 0 Å². The summed E-state index contributed by atoms with van der Waals surface area (Å²) in [4.78, 5) is 1.33. The number of rotatable bonds is 3. The molecule has 1 saturated heterocycles. The maximum Gasteiger partial charge on any atom is 0.0344 e. The number of nitrogens with two attached hydrogens (primary N) is 1. The Morgan fingerprint density at radius 2 is 2.40 bits per heavy atom. The fraction of sp³-hybridized carbons (Fsp3) is 0.500. The number of nitrogens with one attached hydrogen (secondary N) is 1. The van der Waals surface area contributed by atoms with Gasteiger partial charge in [0.2, 0.25) is 0 Å². The molecule has 0 aliphatic carbocycles. The van der Waals surface area contributed by atoms with Crippen LogP contribution in [0, 0.1) is 6.92 Å². The quantitative estimate of drug-likeness (QED) is 0.609. The van der Waals surface area contributed by atoms with Crippen molar-refractivity contribution >= 4 is 17.4 Å². The van der Waals surface area contributed by atoms with Crippen molar-refractivity contribution < 1.29 is 0 Å². The normalized spacial score (nSPS) is 20.7. The summed E-state index contributed by atoms with van der Waals surface area (Å²) in [5, 5.41) is 3.51. The molecule has 0 aromatic heterocycles. The van der Waals surface area contributed by atoms with E-state index in [-0.39, 0.29) is 0 Å². The minimum atomic E-state index is 0.702. The van der Waals surface area contributed by atoms with Gasteiger partial charge in [-0.3, -0.25) is 0 Å². The van der Waals surface area contributed by atoms with E-state index in [9.17, 15) is 0 Å². The lowest BCUT2D eigenvalue weighted by atomic mass is 10.2. The van der Waals surface area contributed by atoms with Gasteiger partial charge in [-0.15, -0.1) is 11.8 Å². The van der Waals surface area contributed by atoms with Crippen LogP contribution in [0.5, 0.6) is 0 Å². The Balaban J connectivity index is 1.90. The smallest absolute Gasteiger partial charge is 0.0344 e. The van der Waals surface area contributed by atoms with E-state index in [1.807, 2.05) is 17.8 Å². The SMILES string of the molecule is Cc1cc(SC[C@@H]2CCCN2)ccc1N. The van der Waals surface area contributed by atoms with Gasteiger partial charge >= 0.3 is 0 Å². The van der Waals surface area contributed by atoms with E-state index in [0.29, 0.717) is 6.04 Å². The molecule has 15 heavy (non-hydrogen) atoms. The molecule has 82 valence electrons.